The van der Waals surface area contributed by atoms with E-state index in [1.807, 2.05) is 0 Å². The van der Waals surface area contributed by atoms with E-state index in [1.54, 1.807) is 0 Å². The van der Waals surface area contributed by atoms with Gasteiger partial charge in [-0.15, -0.1) is 0 Å². The average molecular weight is 609 g/mol. The first kappa shape index (κ1) is 24.9. The summed E-state index contributed by atoms with van der Waals surface area (Å²) in [6.07, 6.45) is 0. The van der Waals surface area contributed by atoms with Crippen LogP contribution in [-0.4, -0.2) is 11.3 Å². The molecule has 0 amide bonds. The van der Waals surface area contributed by atoms with Crippen molar-refractivity contribution in [3.05, 3.63) is 152 Å². The summed E-state index contributed by atoms with van der Waals surface area (Å²) in [7, 11) is 0. The molecule has 0 saturated carbocycles. The highest BCUT2D eigenvalue weighted by molar-refractivity contribution is 6.92. The Morgan fingerprint density at radius 1 is 0.479 bits per heavy atom. The molecule has 0 N–H and O–H groups in total. The molecule has 48 heavy (non-hydrogen) atoms. The van der Waals surface area contributed by atoms with Gasteiger partial charge >= 0.3 is 6.85 Å². The molecule has 0 bridgehead atoms. The Bertz CT molecular complexity index is 3040. The Hall–Kier alpha value is -6.26. The molecular weight excluding hydrogens is 583 g/mol. The van der Waals surface area contributed by atoms with Crippen molar-refractivity contribution in [3.8, 4) is 11.1 Å². The largest absolute Gasteiger partial charge is 0.456 e. The minimum atomic E-state index is -0.0387. The standard InChI is InChI=1S/C44H25BN2O/c1-2-12-28-24-29(22-20-26(28)10-1)46-37-23-21-27-11-3-4-13-30(27)41(37)45-42-35(25-39-40(44(42)46)34-15-6-8-19-38(34)48-39)33-17-9-16-32-31-14-5-7-18-36(31)47(45)43(32)33/h1-25H. The molecule has 2 aliphatic heterocycles. The lowest BCUT2D eigenvalue weighted by Crippen LogP contribution is -2.57. The zero-order chi connectivity index (χ0) is 31.1. The summed E-state index contributed by atoms with van der Waals surface area (Å²) < 4.78 is 9.38. The molecule has 2 aliphatic rings. The highest BCUT2D eigenvalue weighted by atomic mass is 16.3. The maximum Gasteiger partial charge on any atom is 0.333 e. The number of nitrogens with zero attached hydrogens (tertiary/aromatic N) is 2. The Morgan fingerprint density at radius 3 is 2.12 bits per heavy atom. The van der Waals surface area contributed by atoms with Gasteiger partial charge in [0, 0.05) is 44.1 Å². The minimum absolute atomic E-state index is 0.0387. The molecule has 8 aromatic carbocycles. The topological polar surface area (TPSA) is 21.3 Å². The van der Waals surface area contributed by atoms with Crippen LogP contribution in [0.15, 0.2) is 156 Å². The van der Waals surface area contributed by atoms with Gasteiger partial charge in [-0.3, -0.25) is 0 Å². The molecule has 3 nitrogen and oxygen atoms in total. The minimum Gasteiger partial charge on any atom is -0.456 e. The second-order valence-electron chi connectivity index (χ2n) is 13.2. The first-order valence-corrected chi connectivity index (χ1v) is 16.6. The predicted molar refractivity (Wildman–Crippen MR) is 202 cm³/mol. The molecule has 0 unspecified atom stereocenters. The maximum absolute atomic E-state index is 6.74. The molecule has 0 atom stereocenters. The zero-order valence-electron chi connectivity index (χ0n) is 25.8. The second kappa shape index (κ2) is 8.75. The molecule has 4 heteroatoms. The molecular formula is C44H25BN2O. The third-order valence-corrected chi connectivity index (χ3v) is 10.9. The number of anilines is 3. The van der Waals surface area contributed by atoms with E-state index in [9.17, 15) is 0 Å². The van der Waals surface area contributed by atoms with Crippen LogP contribution in [0.4, 0.5) is 17.1 Å². The fourth-order valence-electron chi connectivity index (χ4n) is 9.02. The summed E-state index contributed by atoms with van der Waals surface area (Å²) in [6.45, 7) is -0.0387. The summed E-state index contributed by atoms with van der Waals surface area (Å²) in [5.74, 6) is 0. The van der Waals surface area contributed by atoms with Crippen LogP contribution in [0.2, 0.25) is 0 Å². The van der Waals surface area contributed by atoms with E-state index >= 15 is 0 Å². The van der Waals surface area contributed by atoms with E-state index < -0.39 is 0 Å². The summed E-state index contributed by atoms with van der Waals surface area (Å²) in [6, 6.07) is 55.7. The van der Waals surface area contributed by atoms with Crippen molar-refractivity contribution in [2.45, 2.75) is 0 Å². The third kappa shape index (κ3) is 2.97. The van der Waals surface area contributed by atoms with Crippen LogP contribution < -0.4 is 15.8 Å². The molecule has 220 valence electrons. The maximum atomic E-state index is 6.74. The van der Waals surface area contributed by atoms with E-state index in [0.717, 1.165) is 27.6 Å². The zero-order valence-corrected chi connectivity index (χ0v) is 25.8. The lowest BCUT2D eigenvalue weighted by Gasteiger charge is -2.41. The number of hydrogen-bond acceptors (Lipinski definition) is 2. The van der Waals surface area contributed by atoms with Gasteiger partial charge in [0.15, 0.2) is 0 Å². The molecule has 0 fully saturated rings. The number of fused-ring (bicyclic) bond motifs is 14. The van der Waals surface area contributed by atoms with Gasteiger partial charge in [0.05, 0.1) is 11.1 Å². The highest BCUT2D eigenvalue weighted by Gasteiger charge is 2.45. The Labute approximate surface area is 275 Å². The predicted octanol–water partition coefficient (Wildman–Crippen LogP) is 10.4. The molecule has 0 radical (unpaired) electrons. The second-order valence-corrected chi connectivity index (χ2v) is 13.2. The van der Waals surface area contributed by atoms with Gasteiger partial charge in [0.1, 0.15) is 11.2 Å². The van der Waals surface area contributed by atoms with Crippen LogP contribution in [0.25, 0.3) is 76.4 Å². The Morgan fingerprint density at radius 2 is 1.21 bits per heavy atom. The first-order valence-electron chi connectivity index (χ1n) is 16.6. The normalized spacial score (nSPS) is 13.3. The van der Waals surface area contributed by atoms with Crippen LogP contribution in [-0.2, 0) is 0 Å². The molecule has 12 rings (SSSR count). The van der Waals surface area contributed by atoms with E-state index in [0.29, 0.717) is 0 Å². The van der Waals surface area contributed by atoms with Crippen molar-refractivity contribution in [2.24, 2.45) is 0 Å². The van der Waals surface area contributed by atoms with E-state index in [2.05, 4.69) is 161 Å². The van der Waals surface area contributed by atoms with Crippen LogP contribution >= 0.6 is 0 Å². The van der Waals surface area contributed by atoms with Gasteiger partial charge in [0.2, 0.25) is 0 Å². The van der Waals surface area contributed by atoms with E-state index in [1.165, 1.54) is 76.8 Å². The van der Waals surface area contributed by atoms with Gasteiger partial charge < -0.3 is 13.8 Å². The fraction of sp³-hybridized carbons (Fsp3) is 0. The number of rotatable bonds is 1. The smallest absolute Gasteiger partial charge is 0.333 e. The number of benzene rings is 8. The van der Waals surface area contributed by atoms with Gasteiger partial charge in [0.25, 0.3) is 0 Å². The molecule has 0 aliphatic carbocycles. The van der Waals surface area contributed by atoms with Crippen LogP contribution in [0, 0.1) is 0 Å². The molecule has 0 saturated heterocycles. The SMILES string of the molecule is c1ccc2cc(N3c4ccc5ccccc5c4B4c5c(cc6oc7ccccc7c6c53)-c3cccc5c6ccccc6n4c35)ccc2c1. The van der Waals surface area contributed by atoms with Crippen LogP contribution in [0.3, 0.4) is 0 Å². The quantitative estimate of drug-likeness (QED) is 0.173. The lowest BCUT2D eigenvalue weighted by atomic mass is 9.44. The van der Waals surface area contributed by atoms with Crippen molar-refractivity contribution >= 4 is 100 Å². The van der Waals surface area contributed by atoms with Gasteiger partial charge in [-0.05, 0) is 74.4 Å². The molecule has 0 spiro atoms. The molecule has 4 heterocycles. The van der Waals surface area contributed by atoms with Crippen molar-refractivity contribution < 1.29 is 4.42 Å². The monoisotopic (exact) mass is 608 g/mol. The molecule has 2 aromatic heterocycles. The average Bonchev–Trinajstić information content (AvgIpc) is 3.69. The summed E-state index contributed by atoms with van der Waals surface area (Å²) in [5, 5.41) is 9.87. The van der Waals surface area contributed by atoms with E-state index in [4.69, 9.17) is 4.42 Å². The van der Waals surface area contributed by atoms with Crippen molar-refractivity contribution in [1.82, 2.24) is 4.48 Å². The van der Waals surface area contributed by atoms with Crippen molar-refractivity contribution in [3.63, 3.8) is 0 Å². The van der Waals surface area contributed by atoms with Gasteiger partial charge in [-0.1, -0.05) is 115 Å². The van der Waals surface area contributed by atoms with Crippen LogP contribution in [0.1, 0.15) is 0 Å². The summed E-state index contributed by atoms with van der Waals surface area (Å²) in [4.78, 5) is 2.53. The van der Waals surface area contributed by atoms with Gasteiger partial charge in [-0.2, -0.15) is 0 Å². The van der Waals surface area contributed by atoms with Crippen molar-refractivity contribution in [1.29, 1.82) is 0 Å². The summed E-state index contributed by atoms with van der Waals surface area (Å²) in [5.41, 5.74) is 13.1. The number of hydrogen-bond donors (Lipinski definition) is 0. The fourth-order valence-corrected chi connectivity index (χ4v) is 9.02. The number of para-hydroxylation sites is 3. The summed E-state index contributed by atoms with van der Waals surface area (Å²) >= 11 is 0. The van der Waals surface area contributed by atoms with Crippen molar-refractivity contribution in [2.75, 3.05) is 4.90 Å². The first-order chi connectivity index (χ1) is 23.8. The van der Waals surface area contributed by atoms with Crippen LogP contribution in [0.5, 0.6) is 0 Å². The lowest BCUT2D eigenvalue weighted by molar-refractivity contribution is 0.669. The highest BCUT2D eigenvalue weighted by Crippen LogP contribution is 2.50. The van der Waals surface area contributed by atoms with E-state index in [-0.39, 0.29) is 6.85 Å². The van der Waals surface area contributed by atoms with Gasteiger partial charge in [-0.25, -0.2) is 0 Å². The molecule has 10 aromatic rings. The third-order valence-electron chi connectivity index (χ3n) is 10.9. The number of furan rings is 1. The Kier molecular flexibility index (Phi) is 4.54. The number of aromatic nitrogens is 1. The Balaban J connectivity index is 1.35.